The SMILES string of the molecule is Nc1cc2ccccc2cc1C1=C(C=O)CN=CS1. The lowest BCUT2D eigenvalue weighted by Gasteiger charge is -2.14. The smallest absolute Gasteiger partial charge is 0.149 e. The molecule has 19 heavy (non-hydrogen) atoms. The number of aldehydes is 1. The highest BCUT2D eigenvalue weighted by Crippen LogP contribution is 2.36. The number of nitrogens with zero attached hydrogens (tertiary/aromatic N) is 1. The van der Waals surface area contributed by atoms with Crippen LogP contribution in [0.25, 0.3) is 15.7 Å². The summed E-state index contributed by atoms with van der Waals surface area (Å²) in [6, 6.07) is 12.0. The van der Waals surface area contributed by atoms with Gasteiger partial charge < -0.3 is 5.73 Å². The van der Waals surface area contributed by atoms with Gasteiger partial charge in [-0.05, 0) is 22.9 Å². The average Bonchev–Trinajstić information content (AvgIpc) is 2.46. The minimum atomic E-state index is 0.429. The summed E-state index contributed by atoms with van der Waals surface area (Å²) in [6.07, 6.45) is 0.869. The molecule has 0 spiro atoms. The van der Waals surface area contributed by atoms with Crippen molar-refractivity contribution in [2.45, 2.75) is 0 Å². The number of carbonyl (C=O) groups excluding carboxylic acids is 1. The van der Waals surface area contributed by atoms with Gasteiger partial charge in [-0.2, -0.15) is 0 Å². The number of hydrogen-bond acceptors (Lipinski definition) is 4. The molecule has 0 saturated carbocycles. The summed E-state index contributed by atoms with van der Waals surface area (Å²) in [7, 11) is 0. The van der Waals surface area contributed by atoms with E-state index in [1.165, 1.54) is 11.8 Å². The lowest BCUT2D eigenvalue weighted by molar-refractivity contribution is -0.104. The van der Waals surface area contributed by atoms with Gasteiger partial charge in [0.25, 0.3) is 0 Å². The lowest BCUT2D eigenvalue weighted by Crippen LogP contribution is -2.02. The summed E-state index contributed by atoms with van der Waals surface area (Å²) in [5, 5.41) is 2.22. The molecular formula is C15H12N2OS. The first-order chi connectivity index (χ1) is 9.29. The standard InChI is InChI=1S/C15H12N2OS/c16-14-6-11-4-2-1-3-10(11)5-13(14)15-12(8-18)7-17-9-19-15/h1-6,8-9H,7,16H2. The van der Waals surface area contributed by atoms with E-state index in [1.807, 2.05) is 36.4 Å². The van der Waals surface area contributed by atoms with E-state index < -0.39 is 0 Å². The van der Waals surface area contributed by atoms with Crippen LogP contribution in [0.15, 0.2) is 47.0 Å². The molecule has 4 heteroatoms. The molecule has 0 atom stereocenters. The van der Waals surface area contributed by atoms with E-state index >= 15 is 0 Å². The van der Waals surface area contributed by atoms with Crippen molar-refractivity contribution in [3.63, 3.8) is 0 Å². The number of hydrogen-bond donors (Lipinski definition) is 1. The number of aliphatic imine (C=N–C) groups is 1. The molecule has 3 nitrogen and oxygen atoms in total. The third kappa shape index (κ3) is 2.15. The second kappa shape index (κ2) is 4.90. The summed E-state index contributed by atoms with van der Waals surface area (Å²) in [5.41, 5.74) is 10.2. The molecule has 0 aliphatic carbocycles. The highest BCUT2D eigenvalue weighted by Gasteiger charge is 2.15. The fourth-order valence-corrected chi connectivity index (χ4v) is 2.98. The third-order valence-corrected chi connectivity index (χ3v) is 4.08. The Morgan fingerprint density at radius 3 is 2.68 bits per heavy atom. The molecule has 2 N–H and O–H groups in total. The molecule has 2 aromatic rings. The minimum Gasteiger partial charge on any atom is -0.398 e. The van der Waals surface area contributed by atoms with Gasteiger partial charge in [0.2, 0.25) is 0 Å². The van der Waals surface area contributed by atoms with Crippen LogP contribution in [-0.4, -0.2) is 18.4 Å². The van der Waals surface area contributed by atoms with Crippen molar-refractivity contribution in [3.8, 4) is 0 Å². The third-order valence-electron chi connectivity index (χ3n) is 3.10. The number of carbonyl (C=O) groups is 1. The number of nitrogen functional groups attached to an aromatic ring is 1. The van der Waals surface area contributed by atoms with Crippen LogP contribution in [-0.2, 0) is 4.79 Å². The van der Waals surface area contributed by atoms with Crippen molar-refractivity contribution in [1.29, 1.82) is 0 Å². The molecular weight excluding hydrogens is 256 g/mol. The van der Waals surface area contributed by atoms with E-state index in [1.54, 1.807) is 5.55 Å². The first-order valence-electron chi connectivity index (χ1n) is 5.91. The number of thioether (sulfide) groups is 1. The van der Waals surface area contributed by atoms with Gasteiger partial charge in [-0.3, -0.25) is 9.79 Å². The number of benzene rings is 2. The first kappa shape index (κ1) is 12.0. The normalized spacial score (nSPS) is 14.9. The average molecular weight is 268 g/mol. The highest BCUT2D eigenvalue weighted by molar-refractivity contribution is 8.20. The van der Waals surface area contributed by atoms with Gasteiger partial charge in [0.1, 0.15) is 6.29 Å². The first-order valence-corrected chi connectivity index (χ1v) is 6.79. The van der Waals surface area contributed by atoms with Gasteiger partial charge in [-0.15, -0.1) is 0 Å². The fourth-order valence-electron chi connectivity index (χ4n) is 2.15. The number of fused-ring (bicyclic) bond motifs is 1. The van der Waals surface area contributed by atoms with Gasteiger partial charge in [-0.1, -0.05) is 36.0 Å². The van der Waals surface area contributed by atoms with Gasteiger partial charge in [0.15, 0.2) is 0 Å². The predicted octanol–water partition coefficient (Wildman–Crippen LogP) is 3.11. The Hall–Kier alpha value is -2.07. The fraction of sp³-hybridized carbons (Fsp3) is 0.0667. The van der Waals surface area contributed by atoms with Gasteiger partial charge in [0, 0.05) is 21.7 Å². The van der Waals surface area contributed by atoms with E-state index in [0.717, 1.165) is 27.5 Å². The predicted molar refractivity (Wildman–Crippen MR) is 82.3 cm³/mol. The molecule has 1 aliphatic heterocycles. The maximum Gasteiger partial charge on any atom is 0.149 e. The number of rotatable bonds is 2. The molecule has 2 aromatic carbocycles. The van der Waals surface area contributed by atoms with Crippen molar-refractivity contribution in [1.82, 2.24) is 0 Å². The Morgan fingerprint density at radius 1 is 1.21 bits per heavy atom. The van der Waals surface area contributed by atoms with Gasteiger partial charge in [-0.25, -0.2) is 0 Å². The van der Waals surface area contributed by atoms with Crippen molar-refractivity contribution in [2.75, 3.05) is 12.3 Å². The number of nitrogens with two attached hydrogens (primary N) is 1. The Bertz CT molecular complexity index is 719. The van der Waals surface area contributed by atoms with E-state index in [-0.39, 0.29) is 0 Å². The van der Waals surface area contributed by atoms with Crippen LogP contribution in [0.2, 0.25) is 0 Å². The molecule has 0 bridgehead atoms. The maximum absolute atomic E-state index is 11.1. The number of anilines is 1. The highest BCUT2D eigenvalue weighted by atomic mass is 32.2. The van der Waals surface area contributed by atoms with Crippen molar-refractivity contribution >= 4 is 45.0 Å². The Morgan fingerprint density at radius 2 is 1.95 bits per heavy atom. The molecule has 3 rings (SSSR count). The zero-order valence-electron chi connectivity index (χ0n) is 10.2. The molecule has 0 unspecified atom stereocenters. The molecule has 0 radical (unpaired) electrons. The largest absolute Gasteiger partial charge is 0.398 e. The second-order valence-corrected chi connectivity index (χ2v) is 5.18. The van der Waals surface area contributed by atoms with Crippen molar-refractivity contribution in [3.05, 3.63) is 47.5 Å². The van der Waals surface area contributed by atoms with Gasteiger partial charge in [0.05, 0.1) is 12.1 Å². The Kier molecular flexibility index (Phi) is 3.09. The molecule has 0 aromatic heterocycles. The summed E-state index contributed by atoms with van der Waals surface area (Å²) in [5.74, 6) is 0. The van der Waals surface area contributed by atoms with Crippen LogP contribution in [0.4, 0.5) is 5.69 Å². The zero-order valence-corrected chi connectivity index (χ0v) is 11.0. The Labute approximate surface area is 115 Å². The maximum atomic E-state index is 11.1. The minimum absolute atomic E-state index is 0.429. The lowest BCUT2D eigenvalue weighted by atomic mass is 10.0. The quantitative estimate of drug-likeness (QED) is 0.672. The summed E-state index contributed by atoms with van der Waals surface area (Å²) >= 11 is 1.45. The van der Waals surface area contributed by atoms with Crippen LogP contribution >= 0.6 is 11.8 Å². The van der Waals surface area contributed by atoms with E-state index in [2.05, 4.69) is 4.99 Å². The van der Waals surface area contributed by atoms with Crippen LogP contribution in [0.1, 0.15) is 5.56 Å². The molecule has 0 saturated heterocycles. The van der Waals surface area contributed by atoms with E-state index in [9.17, 15) is 4.79 Å². The summed E-state index contributed by atoms with van der Waals surface area (Å²) < 4.78 is 0. The molecule has 0 fully saturated rings. The van der Waals surface area contributed by atoms with Crippen molar-refractivity contribution in [2.24, 2.45) is 4.99 Å². The summed E-state index contributed by atoms with van der Waals surface area (Å²) in [6.45, 7) is 0.429. The molecule has 1 heterocycles. The second-order valence-electron chi connectivity index (χ2n) is 4.32. The van der Waals surface area contributed by atoms with E-state index in [4.69, 9.17) is 5.73 Å². The summed E-state index contributed by atoms with van der Waals surface area (Å²) in [4.78, 5) is 16.1. The van der Waals surface area contributed by atoms with Crippen LogP contribution < -0.4 is 5.73 Å². The Balaban J connectivity index is 2.22. The van der Waals surface area contributed by atoms with Crippen LogP contribution in [0, 0.1) is 0 Å². The molecule has 1 aliphatic rings. The molecule has 0 amide bonds. The van der Waals surface area contributed by atoms with Crippen LogP contribution in [0.5, 0.6) is 0 Å². The molecule has 94 valence electrons. The monoisotopic (exact) mass is 268 g/mol. The van der Waals surface area contributed by atoms with Crippen LogP contribution in [0.3, 0.4) is 0 Å². The zero-order chi connectivity index (χ0) is 13.2. The van der Waals surface area contributed by atoms with Gasteiger partial charge >= 0.3 is 0 Å². The van der Waals surface area contributed by atoms with E-state index in [0.29, 0.717) is 17.8 Å². The van der Waals surface area contributed by atoms with Crippen molar-refractivity contribution < 1.29 is 4.79 Å². The topological polar surface area (TPSA) is 55.5 Å².